The Morgan fingerprint density at radius 2 is 1.65 bits per heavy atom. The molecule has 4 nitrogen and oxygen atoms in total. The number of aliphatic hydroxyl groups is 1. The molecule has 130 valence electrons. The highest BCUT2D eigenvalue weighted by Crippen LogP contribution is 2.36. The average molecular weight is 361 g/mol. The summed E-state index contributed by atoms with van der Waals surface area (Å²) in [7, 11) is 0. The molecule has 0 saturated carbocycles. The molecule has 4 rings (SSSR count). The molecule has 0 saturated heterocycles. The fourth-order valence-electron chi connectivity index (χ4n) is 3.02. The van der Waals surface area contributed by atoms with Gasteiger partial charge in [-0.2, -0.15) is 0 Å². The van der Waals surface area contributed by atoms with Gasteiger partial charge in [-0.3, -0.25) is 0 Å². The molecule has 2 aromatic carbocycles. The van der Waals surface area contributed by atoms with Crippen molar-refractivity contribution in [3.05, 3.63) is 78.6 Å². The van der Waals surface area contributed by atoms with Gasteiger partial charge in [-0.1, -0.05) is 60.7 Å². The quantitative estimate of drug-likeness (QED) is 0.554. The maximum Gasteiger partial charge on any atom is 0.141 e. The van der Waals surface area contributed by atoms with Crippen LogP contribution in [0.25, 0.3) is 20.7 Å². The standard InChI is InChI=1S/C21H19N3OS/c25-12-11-24(14-16-7-3-1-4-8-16)20-18-13-19(17-9-5-2-6-10-17)26-21(18)23-15-22-20/h1-10,13,15,25H,11-12,14H2. The van der Waals surface area contributed by atoms with Gasteiger partial charge in [-0.25, -0.2) is 9.97 Å². The highest BCUT2D eigenvalue weighted by Gasteiger charge is 2.15. The van der Waals surface area contributed by atoms with E-state index in [1.807, 2.05) is 36.4 Å². The SMILES string of the molecule is OCCN(Cc1ccccc1)c1ncnc2sc(-c3ccccc3)cc12. The van der Waals surface area contributed by atoms with Crippen molar-refractivity contribution in [2.45, 2.75) is 6.54 Å². The Morgan fingerprint density at radius 3 is 2.38 bits per heavy atom. The number of hydrogen-bond acceptors (Lipinski definition) is 5. The zero-order valence-corrected chi connectivity index (χ0v) is 15.1. The molecule has 1 N–H and O–H groups in total. The van der Waals surface area contributed by atoms with E-state index in [4.69, 9.17) is 0 Å². The highest BCUT2D eigenvalue weighted by molar-refractivity contribution is 7.21. The Labute approximate surface area is 156 Å². The first kappa shape index (κ1) is 16.7. The van der Waals surface area contributed by atoms with Crippen molar-refractivity contribution in [2.24, 2.45) is 0 Å². The number of aromatic nitrogens is 2. The largest absolute Gasteiger partial charge is 0.395 e. The molecule has 2 heterocycles. The van der Waals surface area contributed by atoms with Gasteiger partial charge in [-0.05, 0) is 17.2 Å². The number of rotatable bonds is 6. The minimum absolute atomic E-state index is 0.0774. The molecule has 4 aromatic rings. The first-order valence-electron chi connectivity index (χ1n) is 8.55. The lowest BCUT2D eigenvalue weighted by Crippen LogP contribution is -2.27. The molecule has 26 heavy (non-hydrogen) atoms. The summed E-state index contributed by atoms with van der Waals surface area (Å²) >= 11 is 1.67. The fourth-order valence-corrected chi connectivity index (χ4v) is 4.02. The summed E-state index contributed by atoms with van der Waals surface area (Å²) in [6, 6.07) is 22.7. The Hall–Kier alpha value is -2.76. The number of anilines is 1. The molecule has 0 bridgehead atoms. The zero-order chi connectivity index (χ0) is 17.8. The van der Waals surface area contributed by atoms with Crippen molar-refractivity contribution in [1.29, 1.82) is 0 Å². The van der Waals surface area contributed by atoms with E-state index >= 15 is 0 Å². The molecule has 0 aliphatic heterocycles. The predicted molar refractivity (Wildman–Crippen MR) is 107 cm³/mol. The van der Waals surface area contributed by atoms with E-state index < -0.39 is 0 Å². The third-order valence-corrected chi connectivity index (χ3v) is 5.34. The van der Waals surface area contributed by atoms with Crippen LogP contribution in [0.1, 0.15) is 5.56 Å². The van der Waals surface area contributed by atoms with E-state index in [1.54, 1.807) is 17.7 Å². The van der Waals surface area contributed by atoms with E-state index in [2.05, 4.69) is 45.2 Å². The lowest BCUT2D eigenvalue weighted by atomic mass is 10.1. The molecular formula is C21H19N3OS. The Morgan fingerprint density at radius 1 is 0.923 bits per heavy atom. The van der Waals surface area contributed by atoms with Crippen molar-refractivity contribution < 1.29 is 5.11 Å². The number of fused-ring (bicyclic) bond motifs is 1. The van der Waals surface area contributed by atoms with E-state index in [1.165, 1.54) is 16.0 Å². The summed E-state index contributed by atoms with van der Waals surface area (Å²) in [5.41, 5.74) is 2.37. The molecule has 5 heteroatoms. The summed E-state index contributed by atoms with van der Waals surface area (Å²) in [6.07, 6.45) is 1.61. The minimum Gasteiger partial charge on any atom is -0.395 e. The minimum atomic E-state index is 0.0774. The van der Waals surface area contributed by atoms with Crippen LogP contribution in [0, 0.1) is 0 Å². The molecular weight excluding hydrogens is 342 g/mol. The number of thiophene rings is 1. The summed E-state index contributed by atoms with van der Waals surface area (Å²) < 4.78 is 0. The van der Waals surface area contributed by atoms with Crippen LogP contribution >= 0.6 is 11.3 Å². The van der Waals surface area contributed by atoms with Crippen LogP contribution in [-0.4, -0.2) is 28.2 Å². The molecule has 0 radical (unpaired) electrons. The van der Waals surface area contributed by atoms with Gasteiger partial charge >= 0.3 is 0 Å². The predicted octanol–water partition coefficient (Wildman–Crippen LogP) is 4.36. The molecule has 0 fully saturated rings. The van der Waals surface area contributed by atoms with Crippen molar-refractivity contribution >= 4 is 27.4 Å². The monoisotopic (exact) mass is 361 g/mol. The van der Waals surface area contributed by atoms with E-state index in [9.17, 15) is 5.11 Å². The summed E-state index contributed by atoms with van der Waals surface area (Å²) in [4.78, 5) is 13.2. The lowest BCUT2D eigenvalue weighted by molar-refractivity contribution is 0.301. The van der Waals surface area contributed by atoms with Crippen molar-refractivity contribution in [2.75, 3.05) is 18.1 Å². The van der Waals surface area contributed by atoms with Crippen LogP contribution in [0.3, 0.4) is 0 Å². The maximum atomic E-state index is 9.55. The molecule has 0 atom stereocenters. The molecule has 0 amide bonds. The molecule has 0 spiro atoms. The zero-order valence-electron chi connectivity index (χ0n) is 14.2. The third kappa shape index (κ3) is 3.45. The normalized spacial score (nSPS) is 11.0. The molecule has 2 aromatic heterocycles. The second-order valence-corrected chi connectivity index (χ2v) is 7.05. The van der Waals surface area contributed by atoms with Gasteiger partial charge in [0.05, 0.1) is 12.0 Å². The van der Waals surface area contributed by atoms with Crippen LogP contribution in [-0.2, 0) is 6.54 Å². The second kappa shape index (κ2) is 7.64. The van der Waals surface area contributed by atoms with Gasteiger partial charge in [-0.15, -0.1) is 11.3 Å². The first-order valence-corrected chi connectivity index (χ1v) is 9.36. The van der Waals surface area contributed by atoms with Crippen LogP contribution in [0.2, 0.25) is 0 Å². The van der Waals surface area contributed by atoms with Gasteiger partial charge in [0, 0.05) is 18.0 Å². The van der Waals surface area contributed by atoms with E-state index in [0.29, 0.717) is 13.1 Å². The molecule has 0 aliphatic rings. The van der Waals surface area contributed by atoms with Gasteiger partial charge in [0.25, 0.3) is 0 Å². The Kier molecular flexibility index (Phi) is 4.91. The average Bonchev–Trinajstić information content (AvgIpc) is 3.14. The topological polar surface area (TPSA) is 49.2 Å². The van der Waals surface area contributed by atoms with Crippen molar-refractivity contribution in [3.63, 3.8) is 0 Å². The van der Waals surface area contributed by atoms with Gasteiger partial charge in [0.1, 0.15) is 17.0 Å². The van der Waals surface area contributed by atoms with E-state index in [0.717, 1.165) is 16.0 Å². The van der Waals surface area contributed by atoms with Crippen LogP contribution in [0.5, 0.6) is 0 Å². The number of benzene rings is 2. The first-order chi connectivity index (χ1) is 12.8. The smallest absolute Gasteiger partial charge is 0.141 e. The van der Waals surface area contributed by atoms with Gasteiger partial charge in [0.15, 0.2) is 0 Å². The third-order valence-electron chi connectivity index (χ3n) is 4.25. The second-order valence-electron chi connectivity index (χ2n) is 6.02. The number of hydrogen-bond donors (Lipinski definition) is 1. The van der Waals surface area contributed by atoms with Crippen molar-refractivity contribution in [1.82, 2.24) is 9.97 Å². The Bertz CT molecular complexity index is 986. The van der Waals surface area contributed by atoms with Gasteiger partial charge in [0.2, 0.25) is 0 Å². The van der Waals surface area contributed by atoms with Crippen LogP contribution < -0.4 is 4.90 Å². The number of aliphatic hydroxyl groups excluding tert-OH is 1. The van der Waals surface area contributed by atoms with E-state index in [-0.39, 0.29) is 6.61 Å². The van der Waals surface area contributed by atoms with Crippen LogP contribution in [0.4, 0.5) is 5.82 Å². The Balaban J connectivity index is 1.75. The summed E-state index contributed by atoms with van der Waals surface area (Å²) in [5, 5.41) is 10.6. The highest BCUT2D eigenvalue weighted by atomic mass is 32.1. The number of nitrogens with zero attached hydrogens (tertiary/aromatic N) is 3. The maximum absolute atomic E-state index is 9.55. The molecule has 0 aliphatic carbocycles. The summed E-state index contributed by atoms with van der Waals surface area (Å²) in [6.45, 7) is 1.30. The lowest BCUT2D eigenvalue weighted by Gasteiger charge is -2.23. The molecule has 0 unspecified atom stereocenters. The fraction of sp³-hybridized carbons (Fsp3) is 0.143. The van der Waals surface area contributed by atoms with Gasteiger partial charge < -0.3 is 10.0 Å². The van der Waals surface area contributed by atoms with Crippen LogP contribution in [0.15, 0.2) is 73.1 Å². The summed E-state index contributed by atoms with van der Waals surface area (Å²) in [5.74, 6) is 0.867. The van der Waals surface area contributed by atoms with Crippen molar-refractivity contribution in [3.8, 4) is 10.4 Å².